The van der Waals surface area contributed by atoms with Crippen LogP contribution in [0.3, 0.4) is 0 Å². The van der Waals surface area contributed by atoms with Gasteiger partial charge in [0.15, 0.2) is 0 Å². The van der Waals surface area contributed by atoms with Crippen LogP contribution in [0.25, 0.3) is 0 Å². The summed E-state index contributed by atoms with van der Waals surface area (Å²) in [5.41, 5.74) is 1.00. The van der Waals surface area contributed by atoms with Crippen molar-refractivity contribution in [2.45, 2.75) is 18.9 Å². The van der Waals surface area contributed by atoms with E-state index in [0.717, 1.165) is 51.3 Å². The maximum Gasteiger partial charge on any atom is 0.227 e. The first-order valence-corrected chi connectivity index (χ1v) is 7.44. The lowest BCUT2D eigenvalue weighted by atomic mass is 10.2. The molecule has 0 aliphatic carbocycles. The summed E-state index contributed by atoms with van der Waals surface area (Å²) in [6.45, 7) is 6.14. The van der Waals surface area contributed by atoms with Crippen LogP contribution in [0, 0.1) is 0 Å². The van der Waals surface area contributed by atoms with E-state index in [0.29, 0.717) is 12.5 Å². The molecule has 0 radical (unpaired) electrons. The number of nitrogens with zero attached hydrogens (tertiary/aromatic N) is 3. The molecule has 3 heterocycles. The standard InChI is InChI=1S/C15H22N4O.ClH/c20-15(10-13-2-1-4-17-11-13)19-7-3-14(12-19)18-8-5-16-6-9-18;/h1-2,4,11,14,16H,3,5-10,12H2;1H. The number of halogens is 1. The van der Waals surface area contributed by atoms with E-state index in [2.05, 4.69) is 15.2 Å². The van der Waals surface area contributed by atoms with Crippen LogP contribution in [-0.4, -0.2) is 66.0 Å². The van der Waals surface area contributed by atoms with Gasteiger partial charge in [-0.15, -0.1) is 12.4 Å². The summed E-state index contributed by atoms with van der Waals surface area (Å²) < 4.78 is 0. The lowest BCUT2D eigenvalue weighted by Gasteiger charge is -2.32. The molecule has 2 fully saturated rings. The minimum Gasteiger partial charge on any atom is -0.341 e. The van der Waals surface area contributed by atoms with Crippen molar-refractivity contribution in [2.75, 3.05) is 39.3 Å². The second kappa shape index (κ2) is 7.73. The number of rotatable bonds is 3. The molecule has 5 nitrogen and oxygen atoms in total. The van der Waals surface area contributed by atoms with E-state index in [1.165, 1.54) is 0 Å². The fourth-order valence-electron chi connectivity index (χ4n) is 3.10. The predicted octanol–water partition coefficient (Wildman–Crippen LogP) is 0.552. The fourth-order valence-corrected chi connectivity index (χ4v) is 3.10. The summed E-state index contributed by atoms with van der Waals surface area (Å²) in [5.74, 6) is 0.232. The Kier molecular flexibility index (Phi) is 5.96. The van der Waals surface area contributed by atoms with Crippen LogP contribution in [0.4, 0.5) is 0 Å². The summed E-state index contributed by atoms with van der Waals surface area (Å²) in [7, 11) is 0. The van der Waals surface area contributed by atoms with Crippen molar-refractivity contribution in [3.8, 4) is 0 Å². The monoisotopic (exact) mass is 310 g/mol. The number of likely N-dealkylation sites (tertiary alicyclic amines) is 1. The van der Waals surface area contributed by atoms with Crippen molar-refractivity contribution in [1.29, 1.82) is 0 Å². The topological polar surface area (TPSA) is 48.5 Å². The third kappa shape index (κ3) is 4.15. The third-order valence-electron chi connectivity index (χ3n) is 4.26. The number of hydrogen-bond acceptors (Lipinski definition) is 4. The Bertz CT molecular complexity index is 450. The number of carbonyl (C=O) groups excluding carboxylic acids is 1. The molecule has 0 bridgehead atoms. The molecule has 0 saturated carbocycles. The van der Waals surface area contributed by atoms with Crippen molar-refractivity contribution in [1.82, 2.24) is 20.1 Å². The second-order valence-corrected chi connectivity index (χ2v) is 5.61. The zero-order valence-electron chi connectivity index (χ0n) is 12.2. The molecule has 0 aromatic carbocycles. The lowest BCUT2D eigenvalue weighted by Crippen LogP contribution is -2.49. The Hall–Kier alpha value is -1.17. The zero-order valence-corrected chi connectivity index (χ0v) is 13.0. The highest BCUT2D eigenvalue weighted by Crippen LogP contribution is 2.17. The molecule has 1 aromatic rings. The quantitative estimate of drug-likeness (QED) is 0.886. The predicted molar refractivity (Wildman–Crippen MR) is 84.6 cm³/mol. The van der Waals surface area contributed by atoms with Crippen LogP contribution < -0.4 is 5.32 Å². The van der Waals surface area contributed by atoms with Gasteiger partial charge < -0.3 is 10.2 Å². The molecule has 6 heteroatoms. The number of pyridine rings is 1. The highest BCUT2D eigenvalue weighted by Gasteiger charge is 2.30. The van der Waals surface area contributed by atoms with Crippen molar-refractivity contribution >= 4 is 18.3 Å². The number of nitrogens with one attached hydrogen (secondary N) is 1. The minimum atomic E-state index is 0. The summed E-state index contributed by atoms with van der Waals surface area (Å²) >= 11 is 0. The van der Waals surface area contributed by atoms with Gasteiger partial charge in [-0.25, -0.2) is 0 Å². The molecule has 3 rings (SSSR count). The molecule has 2 saturated heterocycles. The van der Waals surface area contributed by atoms with Gasteiger partial charge in [0.25, 0.3) is 0 Å². The maximum atomic E-state index is 12.3. The van der Waals surface area contributed by atoms with E-state index in [1.807, 2.05) is 17.0 Å². The molecule has 1 N–H and O–H groups in total. The molecule has 1 aromatic heterocycles. The molecule has 21 heavy (non-hydrogen) atoms. The third-order valence-corrected chi connectivity index (χ3v) is 4.26. The van der Waals surface area contributed by atoms with Gasteiger partial charge in [0.2, 0.25) is 5.91 Å². The first-order chi connectivity index (χ1) is 9.83. The summed E-state index contributed by atoms with van der Waals surface area (Å²) in [6.07, 6.45) is 5.10. The van der Waals surface area contributed by atoms with Gasteiger partial charge in [0.1, 0.15) is 0 Å². The fraction of sp³-hybridized carbons (Fsp3) is 0.600. The van der Waals surface area contributed by atoms with Crippen LogP contribution in [0.2, 0.25) is 0 Å². The van der Waals surface area contributed by atoms with Crippen LogP contribution in [0.5, 0.6) is 0 Å². The molecule has 1 unspecified atom stereocenters. The Balaban J connectivity index is 0.00000161. The van der Waals surface area contributed by atoms with E-state index >= 15 is 0 Å². The second-order valence-electron chi connectivity index (χ2n) is 5.61. The molecule has 0 spiro atoms. The molecule has 2 aliphatic heterocycles. The van der Waals surface area contributed by atoms with Gasteiger partial charge in [0, 0.05) is 57.7 Å². The first kappa shape index (κ1) is 16.2. The summed E-state index contributed by atoms with van der Waals surface area (Å²) in [5, 5.41) is 3.38. The van der Waals surface area contributed by atoms with Crippen molar-refractivity contribution in [2.24, 2.45) is 0 Å². The van der Waals surface area contributed by atoms with Crippen LogP contribution in [0.15, 0.2) is 24.5 Å². The number of aromatic nitrogens is 1. The van der Waals surface area contributed by atoms with Crippen molar-refractivity contribution in [3.63, 3.8) is 0 Å². The molecular weight excluding hydrogens is 288 g/mol. The average molecular weight is 311 g/mol. The Morgan fingerprint density at radius 1 is 1.33 bits per heavy atom. The summed E-state index contributed by atoms with van der Waals surface area (Å²) in [4.78, 5) is 20.9. The summed E-state index contributed by atoms with van der Waals surface area (Å²) in [6, 6.07) is 4.40. The molecule has 1 atom stereocenters. The van der Waals surface area contributed by atoms with E-state index in [1.54, 1.807) is 12.4 Å². The van der Waals surface area contributed by atoms with Crippen LogP contribution in [-0.2, 0) is 11.2 Å². The molecule has 116 valence electrons. The number of carbonyl (C=O) groups is 1. The highest BCUT2D eigenvalue weighted by atomic mass is 35.5. The van der Waals surface area contributed by atoms with Crippen LogP contribution in [0.1, 0.15) is 12.0 Å². The number of hydrogen-bond donors (Lipinski definition) is 1. The van der Waals surface area contributed by atoms with E-state index in [4.69, 9.17) is 0 Å². The smallest absolute Gasteiger partial charge is 0.227 e. The highest BCUT2D eigenvalue weighted by molar-refractivity contribution is 5.85. The zero-order chi connectivity index (χ0) is 13.8. The lowest BCUT2D eigenvalue weighted by molar-refractivity contribution is -0.129. The van der Waals surface area contributed by atoms with Crippen molar-refractivity contribution in [3.05, 3.63) is 30.1 Å². The Morgan fingerprint density at radius 2 is 2.14 bits per heavy atom. The average Bonchev–Trinajstić information content (AvgIpc) is 2.99. The Labute approximate surface area is 132 Å². The van der Waals surface area contributed by atoms with E-state index in [-0.39, 0.29) is 18.3 Å². The van der Waals surface area contributed by atoms with Gasteiger partial charge in [-0.05, 0) is 18.1 Å². The van der Waals surface area contributed by atoms with Crippen molar-refractivity contribution < 1.29 is 4.79 Å². The van der Waals surface area contributed by atoms with Gasteiger partial charge in [-0.2, -0.15) is 0 Å². The van der Waals surface area contributed by atoms with E-state index in [9.17, 15) is 4.79 Å². The first-order valence-electron chi connectivity index (χ1n) is 7.44. The molecule has 1 amide bonds. The SMILES string of the molecule is Cl.O=C(Cc1cccnc1)N1CCC(N2CCNCC2)C1. The molecule has 2 aliphatic rings. The molecular formula is C15H23ClN4O. The largest absolute Gasteiger partial charge is 0.341 e. The van der Waals surface area contributed by atoms with Gasteiger partial charge in [-0.1, -0.05) is 6.07 Å². The number of piperazine rings is 1. The van der Waals surface area contributed by atoms with E-state index < -0.39 is 0 Å². The van der Waals surface area contributed by atoms with Gasteiger partial charge in [-0.3, -0.25) is 14.7 Å². The van der Waals surface area contributed by atoms with Crippen LogP contribution >= 0.6 is 12.4 Å². The normalized spacial score (nSPS) is 22.9. The van der Waals surface area contributed by atoms with Gasteiger partial charge >= 0.3 is 0 Å². The number of amides is 1. The van der Waals surface area contributed by atoms with Gasteiger partial charge in [0.05, 0.1) is 6.42 Å². The Morgan fingerprint density at radius 3 is 2.86 bits per heavy atom. The maximum absolute atomic E-state index is 12.3. The minimum absolute atomic E-state index is 0.